The number of ether oxygens (including phenoxy) is 3. The molecule has 0 saturated heterocycles. The minimum absolute atomic E-state index is 0.145. The second-order valence-electron chi connectivity index (χ2n) is 5.19. The normalized spacial score (nSPS) is 12.2. The first-order chi connectivity index (χ1) is 12.5. The fraction of sp³-hybridized carbons (Fsp3) is 0.111. The monoisotopic (exact) mass is 393 g/mol. The molecule has 3 rings (SSSR count). The maximum atomic E-state index is 11.9. The highest BCUT2D eigenvalue weighted by Crippen LogP contribution is 2.34. The van der Waals surface area contributed by atoms with Gasteiger partial charge >= 0.3 is 5.97 Å². The minimum Gasteiger partial charge on any atom is -0.454 e. The Morgan fingerprint density at radius 2 is 1.85 bits per heavy atom. The lowest BCUT2D eigenvalue weighted by molar-refractivity contribution is -0.142. The maximum Gasteiger partial charge on any atom is 0.331 e. The van der Waals surface area contributed by atoms with Gasteiger partial charge in [0.25, 0.3) is 5.91 Å². The van der Waals surface area contributed by atoms with E-state index in [9.17, 15) is 9.59 Å². The molecule has 1 aliphatic rings. The Morgan fingerprint density at radius 1 is 1.12 bits per heavy atom. The molecule has 0 unspecified atom stereocenters. The first-order valence-corrected chi connectivity index (χ1v) is 8.27. The average Bonchev–Trinajstić information content (AvgIpc) is 3.07. The summed E-state index contributed by atoms with van der Waals surface area (Å²) < 4.78 is 15.3. The molecule has 26 heavy (non-hydrogen) atoms. The van der Waals surface area contributed by atoms with Gasteiger partial charge in [-0.3, -0.25) is 4.79 Å². The first-order valence-electron chi connectivity index (χ1n) is 7.51. The molecule has 0 fully saturated rings. The molecule has 1 N–H and O–H groups in total. The van der Waals surface area contributed by atoms with Crippen molar-refractivity contribution in [1.29, 1.82) is 0 Å². The van der Waals surface area contributed by atoms with Crippen LogP contribution in [0.15, 0.2) is 42.5 Å². The molecule has 0 saturated carbocycles. The van der Waals surface area contributed by atoms with E-state index < -0.39 is 18.5 Å². The molecule has 1 heterocycles. The van der Waals surface area contributed by atoms with Gasteiger partial charge in [0, 0.05) is 33.4 Å². The largest absolute Gasteiger partial charge is 0.454 e. The van der Waals surface area contributed by atoms with Crippen molar-refractivity contribution in [2.75, 3.05) is 18.7 Å². The number of nitrogens with one attached hydrogen (secondary N) is 1. The van der Waals surface area contributed by atoms with Gasteiger partial charge in [-0.15, -0.1) is 0 Å². The Balaban J connectivity index is 1.51. The lowest BCUT2D eigenvalue weighted by Gasteiger charge is -2.06. The summed E-state index contributed by atoms with van der Waals surface area (Å²) in [5.74, 6) is -0.0274. The standard InChI is InChI=1S/C18H13Cl2NO5/c19-13-2-1-3-14(20)12(13)5-7-18(23)24-9-17(22)21-11-4-6-15-16(8-11)26-10-25-15/h1-8H,9-10H2,(H,21,22)/b7-5+. The van der Waals surface area contributed by atoms with Gasteiger partial charge in [0.2, 0.25) is 6.79 Å². The lowest BCUT2D eigenvalue weighted by Crippen LogP contribution is -2.20. The van der Waals surface area contributed by atoms with Crippen LogP contribution in [0.1, 0.15) is 5.56 Å². The molecule has 0 spiro atoms. The number of hydrogen-bond acceptors (Lipinski definition) is 5. The smallest absolute Gasteiger partial charge is 0.331 e. The van der Waals surface area contributed by atoms with Crippen molar-refractivity contribution < 1.29 is 23.8 Å². The third-order valence-corrected chi connectivity index (χ3v) is 4.05. The number of hydrogen-bond donors (Lipinski definition) is 1. The van der Waals surface area contributed by atoms with E-state index in [4.69, 9.17) is 37.4 Å². The molecule has 0 radical (unpaired) electrons. The van der Waals surface area contributed by atoms with Gasteiger partial charge in [0.15, 0.2) is 18.1 Å². The zero-order valence-corrected chi connectivity index (χ0v) is 14.8. The SMILES string of the molecule is O=C(COC(=O)/C=C/c1c(Cl)cccc1Cl)Nc1ccc2c(c1)OCO2. The molecule has 0 atom stereocenters. The summed E-state index contributed by atoms with van der Waals surface area (Å²) in [6.45, 7) is -0.292. The van der Waals surface area contributed by atoms with Gasteiger partial charge < -0.3 is 19.5 Å². The van der Waals surface area contributed by atoms with Gasteiger partial charge in [-0.2, -0.15) is 0 Å². The van der Waals surface area contributed by atoms with Gasteiger partial charge in [0.1, 0.15) is 0 Å². The predicted molar refractivity (Wildman–Crippen MR) is 97.6 cm³/mol. The Kier molecular flexibility index (Phi) is 5.65. The van der Waals surface area contributed by atoms with E-state index in [1.54, 1.807) is 36.4 Å². The molecule has 0 bridgehead atoms. The number of carbonyl (C=O) groups excluding carboxylic acids is 2. The van der Waals surface area contributed by atoms with E-state index in [0.29, 0.717) is 32.8 Å². The molecule has 0 aromatic heterocycles. The van der Waals surface area contributed by atoms with E-state index in [2.05, 4.69) is 5.32 Å². The predicted octanol–water partition coefficient (Wildman–Crippen LogP) is 3.92. The van der Waals surface area contributed by atoms with Crippen molar-refractivity contribution in [2.45, 2.75) is 0 Å². The third-order valence-electron chi connectivity index (χ3n) is 3.39. The average molecular weight is 394 g/mol. The van der Waals surface area contributed by atoms with Crippen molar-refractivity contribution in [3.05, 3.63) is 58.1 Å². The van der Waals surface area contributed by atoms with Crippen LogP contribution in [0.3, 0.4) is 0 Å². The highest BCUT2D eigenvalue weighted by Gasteiger charge is 2.14. The summed E-state index contributed by atoms with van der Waals surface area (Å²) in [5, 5.41) is 3.41. The highest BCUT2D eigenvalue weighted by atomic mass is 35.5. The molecule has 134 valence electrons. The van der Waals surface area contributed by atoms with Crippen molar-refractivity contribution in [3.8, 4) is 11.5 Å². The summed E-state index contributed by atoms with van der Waals surface area (Å²) in [6.07, 6.45) is 2.59. The second kappa shape index (κ2) is 8.12. The number of halogens is 2. The van der Waals surface area contributed by atoms with Crippen LogP contribution in [-0.4, -0.2) is 25.3 Å². The molecular weight excluding hydrogens is 381 g/mol. The summed E-state index contributed by atoms with van der Waals surface area (Å²) in [6, 6.07) is 9.96. The van der Waals surface area contributed by atoms with Gasteiger partial charge in [-0.25, -0.2) is 4.79 Å². The molecule has 2 aromatic carbocycles. The van der Waals surface area contributed by atoms with Crippen molar-refractivity contribution in [2.24, 2.45) is 0 Å². The van der Waals surface area contributed by atoms with Crippen LogP contribution < -0.4 is 14.8 Å². The first kappa shape index (κ1) is 18.1. The summed E-state index contributed by atoms with van der Waals surface area (Å²) in [7, 11) is 0. The van der Waals surface area contributed by atoms with Crippen molar-refractivity contribution in [3.63, 3.8) is 0 Å². The van der Waals surface area contributed by atoms with Crippen molar-refractivity contribution in [1.82, 2.24) is 0 Å². The van der Waals surface area contributed by atoms with Crippen LogP contribution in [0.5, 0.6) is 11.5 Å². The maximum absolute atomic E-state index is 11.9. The quantitative estimate of drug-likeness (QED) is 0.615. The Labute approximate surface area is 159 Å². The lowest BCUT2D eigenvalue weighted by atomic mass is 10.2. The number of amides is 1. The summed E-state index contributed by atoms with van der Waals surface area (Å²) in [5.41, 5.74) is 1.01. The molecule has 6 nitrogen and oxygen atoms in total. The molecule has 1 aliphatic heterocycles. The number of anilines is 1. The van der Waals surface area contributed by atoms with Crippen LogP contribution >= 0.6 is 23.2 Å². The van der Waals surface area contributed by atoms with E-state index in [-0.39, 0.29) is 6.79 Å². The minimum atomic E-state index is -0.693. The fourth-order valence-corrected chi connectivity index (χ4v) is 2.70. The zero-order valence-electron chi connectivity index (χ0n) is 13.3. The fourth-order valence-electron chi connectivity index (χ4n) is 2.18. The van der Waals surface area contributed by atoms with E-state index >= 15 is 0 Å². The number of rotatable bonds is 5. The van der Waals surface area contributed by atoms with Crippen LogP contribution in [-0.2, 0) is 14.3 Å². The van der Waals surface area contributed by atoms with Crippen LogP contribution in [0.25, 0.3) is 6.08 Å². The van der Waals surface area contributed by atoms with E-state index in [1.807, 2.05) is 0 Å². The number of carbonyl (C=O) groups is 2. The van der Waals surface area contributed by atoms with E-state index in [0.717, 1.165) is 6.08 Å². The summed E-state index contributed by atoms with van der Waals surface area (Å²) >= 11 is 12.0. The van der Waals surface area contributed by atoms with Gasteiger partial charge in [-0.1, -0.05) is 29.3 Å². The van der Waals surface area contributed by atoms with Crippen LogP contribution in [0.2, 0.25) is 10.0 Å². The molecular formula is C18H13Cl2NO5. The summed E-state index contributed by atoms with van der Waals surface area (Å²) in [4.78, 5) is 23.6. The van der Waals surface area contributed by atoms with Gasteiger partial charge in [-0.05, 0) is 30.3 Å². The Hall–Kier alpha value is -2.70. The molecule has 1 amide bonds. The number of benzene rings is 2. The van der Waals surface area contributed by atoms with Crippen LogP contribution in [0.4, 0.5) is 5.69 Å². The number of esters is 1. The second-order valence-corrected chi connectivity index (χ2v) is 6.01. The third kappa shape index (κ3) is 4.47. The highest BCUT2D eigenvalue weighted by molar-refractivity contribution is 6.37. The van der Waals surface area contributed by atoms with Crippen molar-refractivity contribution >= 4 is 46.8 Å². The zero-order chi connectivity index (χ0) is 18.5. The topological polar surface area (TPSA) is 73.9 Å². The molecule has 0 aliphatic carbocycles. The molecule has 2 aromatic rings. The Bertz CT molecular complexity index is 862. The molecule has 8 heteroatoms. The van der Waals surface area contributed by atoms with E-state index in [1.165, 1.54) is 6.08 Å². The Morgan fingerprint density at radius 3 is 2.62 bits per heavy atom. The van der Waals surface area contributed by atoms with Gasteiger partial charge in [0.05, 0.1) is 0 Å². The number of fused-ring (bicyclic) bond motifs is 1. The van der Waals surface area contributed by atoms with Crippen LogP contribution in [0, 0.1) is 0 Å².